The van der Waals surface area contributed by atoms with E-state index in [-0.39, 0.29) is 12.2 Å². The fraction of sp³-hybridized carbons (Fsp3) is 0.273. The zero-order valence-electron chi connectivity index (χ0n) is 9.73. The quantitative estimate of drug-likeness (QED) is 0.945. The van der Waals surface area contributed by atoms with Crippen LogP contribution in [-0.4, -0.2) is 20.9 Å². The second kappa shape index (κ2) is 4.69. The van der Waals surface area contributed by atoms with Gasteiger partial charge in [0.05, 0.1) is 12.2 Å². The highest BCUT2D eigenvalue weighted by atomic mass is 32.1. The summed E-state index contributed by atoms with van der Waals surface area (Å²) in [6, 6.07) is 3.51. The van der Waals surface area contributed by atoms with Gasteiger partial charge in [0.15, 0.2) is 5.69 Å². The molecule has 2 rings (SSSR count). The minimum atomic E-state index is -4.78. The first-order valence-electron chi connectivity index (χ1n) is 5.21. The van der Waals surface area contributed by atoms with E-state index in [1.54, 1.807) is 17.5 Å². The van der Waals surface area contributed by atoms with E-state index in [4.69, 9.17) is 5.11 Å². The molecule has 2 aromatic heterocycles. The summed E-state index contributed by atoms with van der Waals surface area (Å²) < 4.78 is 39.3. The van der Waals surface area contributed by atoms with Gasteiger partial charge >= 0.3 is 12.1 Å². The van der Waals surface area contributed by atoms with Crippen LogP contribution in [0.5, 0.6) is 0 Å². The average molecular weight is 290 g/mol. The minimum absolute atomic E-state index is 0.00627. The number of carboxylic acids is 1. The van der Waals surface area contributed by atoms with Gasteiger partial charge in [0.1, 0.15) is 5.56 Å². The van der Waals surface area contributed by atoms with Crippen LogP contribution < -0.4 is 0 Å². The third-order valence-electron chi connectivity index (χ3n) is 2.57. The van der Waals surface area contributed by atoms with Gasteiger partial charge in [-0.15, -0.1) is 11.3 Å². The summed E-state index contributed by atoms with van der Waals surface area (Å²) >= 11 is 1.37. The predicted molar refractivity (Wildman–Crippen MR) is 62.3 cm³/mol. The van der Waals surface area contributed by atoms with E-state index < -0.39 is 23.4 Å². The summed E-state index contributed by atoms with van der Waals surface area (Å²) in [6.07, 6.45) is -4.78. The Bertz CT molecular complexity index is 602. The third-order valence-corrected chi connectivity index (χ3v) is 3.44. The molecule has 0 saturated heterocycles. The number of thiophene rings is 1. The number of hydrogen-bond acceptors (Lipinski definition) is 3. The number of alkyl halides is 3. The van der Waals surface area contributed by atoms with E-state index in [0.717, 1.165) is 9.56 Å². The Balaban J connectivity index is 2.49. The van der Waals surface area contributed by atoms with E-state index in [2.05, 4.69) is 5.10 Å². The van der Waals surface area contributed by atoms with Crippen LogP contribution >= 0.6 is 11.3 Å². The van der Waals surface area contributed by atoms with Crippen molar-refractivity contribution < 1.29 is 23.1 Å². The molecule has 0 aliphatic carbocycles. The average Bonchev–Trinajstić information content (AvgIpc) is 2.87. The van der Waals surface area contributed by atoms with E-state index in [1.807, 2.05) is 0 Å². The van der Waals surface area contributed by atoms with E-state index in [1.165, 1.54) is 18.3 Å². The van der Waals surface area contributed by atoms with Crippen LogP contribution in [0.3, 0.4) is 0 Å². The van der Waals surface area contributed by atoms with Crippen molar-refractivity contribution in [3.05, 3.63) is 39.3 Å². The number of halogens is 3. The maximum absolute atomic E-state index is 12.7. The third kappa shape index (κ3) is 2.62. The maximum Gasteiger partial charge on any atom is 0.436 e. The first-order chi connectivity index (χ1) is 8.80. The number of nitrogens with zero attached hydrogens (tertiary/aromatic N) is 2. The summed E-state index contributed by atoms with van der Waals surface area (Å²) in [7, 11) is 0. The second-order valence-corrected chi connectivity index (χ2v) is 4.88. The van der Waals surface area contributed by atoms with Crippen molar-refractivity contribution in [2.45, 2.75) is 19.6 Å². The van der Waals surface area contributed by atoms with Crippen LogP contribution in [0.15, 0.2) is 17.5 Å². The van der Waals surface area contributed by atoms with Gasteiger partial charge in [-0.1, -0.05) is 6.07 Å². The molecule has 0 saturated carbocycles. The second-order valence-electron chi connectivity index (χ2n) is 3.85. The lowest BCUT2D eigenvalue weighted by atomic mass is 10.2. The van der Waals surface area contributed by atoms with Gasteiger partial charge in [-0.2, -0.15) is 18.3 Å². The highest BCUT2D eigenvalue weighted by Crippen LogP contribution is 2.32. The molecular formula is C11H9F3N2O2S. The predicted octanol–water partition coefficient (Wildman–Crippen LogP) is 3.02. The Hall–Kier alpha value is -1.83. The van der Waals surface area contributed by atoms with Crippen molar-refractivity contribution in [2.24, 2.45) is 0 Å². The molecule has 102 valence electrons. The van der Waals surface area contributed by atoms with Crippen molar-refractivity contribution >= 4 is 17.3 Å². The van der Waals surface area contributed by atoms with Gasteiger partial charge in [-0.05, 0) is 18.4 Å². The number of carbonyl (C=O) groups is 1. The zero-order chi connectivity index (χ0) is 14.2. The van der Waals surface area contributed by atoms with Gasteiger partial charge in [-0.25, -0.2) is 4.79 Å². The molecule has 8 heteroatoms. The molecule has 0 aromatic carbocycles. The van der Waals surface area contributed by atoms with Gasteiger partial charge in [0, 0.05) is 4.88 Å². The molecule has 0 unspecified atom stereocenters. The number of hydrogen-bond donors (Lipinski definition) is 1. The largest absolute Gasteiger partial charge is 0.478 e. The van der Waals surface area contributed by atoms with Crippen molar-refractivity contribution in [3.63, 3.8) is 0 Å². The highest BCUT2D eigenvalue weighted by molar-refractivity contribution is 7.09. The lowest BCUT2D eigenvalue weighted by Gasteiger charge is -2.02. The Morgan fingerprint density at radius 3 is 2.63 bits per heavy atom. The van der Waals surface area contributed by atoms with Crippen LogP contribution in [0.2, 0.25) is 0 Å². The molecule has 19 heavy (non-hydrogen) atoms. The molecular weight excluding hydrogens is 281 g/mol. The number of carboxylic acid groups (broad SMARTS) is 1. The maximum atomic E-state index is 12.7. The summed E-state index contributed by atoms with van der Waals surface area (Å²) in [5.74, 6) is -1.62. The van der Waals surface area contributed by atoms with Crippen molar-refractivity contribution in [2.75, 3.05) is 0 Å². The van der Waals surface area contributed by atoms with Gasteiger partial charge in [-0.3, -0.25) is 4.68 Å². The molecule has 0 atom stereocenters. The fourth-order valence-electron chi connectivity index (χ4n) is 1.70. The van der Waals surface area contributed by atoms with Gasteiger partial charge in [0.25, 0.3) is 0 Å². The molecule has 0 aliphatic heterocycles. The van der Waals surface area contributed by atoms with Crippen molar-refractivity contribution in [1.82, 2.24) is 9.78 Å². The summed E-state index contributed by atoms with van der Waals surface area (Å²) in [4.78, 5) is 11.8. The molecule has 2 heterocycles. The Kier molecular flexibility index (Phi) is 3.36. The standard InChI is InChI=1S/C11H9F3N2O2S/c1-6-8(10(17)18)9(11(12,13)14)15-16(6)5-7-3-2-4-19-7/h2-4H,5H2,1H3,(H,17,18). The smallest absolute Gasteiger partial charge is 0.436 e. The Morgan fingerprint density at radius 2 is 2.21 bits per heavy atom. The lowest BCUT2D eigenvalue weighted by molar-refractivity contribution is -0.142. The van der Waals surface area contributed by atoms with Gasteiger partial charge in [0.2, 0.25) is 0 Å². The first-order valence-corrected chi connectivity index (χ1v) is 6.09. The monoisotopic (exact) mass is 290 g/mol. The first kappa shape index (κ1) is 13.6. The molecule has 0 amide bonds. The van der Waals surface area contributed by atoms with E-state index in [9.17, 15) is 18.0 Å². The summed E-state index contributed by atoms with van der Waals surface area (Å²) in [5, 5.41) is 14.1. The lowest BCUT2D eigenvalue weighted by Crippen LogP contribution is -2.12. The molecule has 0 fully saturated rings. The molecule has 2 aromatic rings. The SMILES string of the molecule is Cc1c(C(=O)O)c(C(F)(F)F)nn1Cc1cccs1. The number of rotatable bonds is 3. The van der Waals surface area contributed by atoms with Crippen LogP contribution in [0.1, 0.15) is 26.6 Å². The van der Waals surface area contributed by atoms with Gasteiger partial charge < -0.3 is 5.11 Å². The molecule has 0 spiro atoms. The van der Waals surface area contributed by atoms with E-state index in [0.29, 0.717) is 0 Å². The van der Waals surface area contributed by atoms with Crippen LogP contribution in [0.25, 0.3) is 0 Å². The Labute approximate surface area is 110 Å². The zero-order valence-corrected chi connectivity index (χ0v) is 10.5. The van der Waals surface area contributed by atoms with Crippen molar-refractivity contribution in [1.29, 1.82) is 0 Å². The topological polar surface area (TPSA) is 55.1 Å². The molecule has 0 radical (unpaired) electrons. The fourth-order valence-corrected chi connectivity index (χ4v) is 2.39. The number of aromatic carboxylic acids is 1. The van der Waals surface area contributed by atoms with Crippen molar-refractivity contribution in [3.8, 4) is 0 Å². The molecule has 0 aliphatic rings. The normalized spacial score (nSPS) is 11.8. The summed E-state index contributed by atoms with van der Waals surface area (Å²) in [6.45, 7) is 1.44. The molecule has 4 nitrogen and oxygen atoms in total. The van der Waals surface area contributed by atoms with Crippen LogP contribution in [0, 0.1) is 6.92 Å². The highest BCUT2D eigenvalue weighted by Gasteiger charge is 2.40. The summed E-state index contributed by atoms with van der Waals surface area (Å²) in [5.41, 5.74) is -2.15. The Morgan fingerprint density at radius 1 is 1.53 bits per heavy atom. The van der Waals surface area contributed by atoms with E-state index >= 15 is 0 Å². The molecule has 0 bridgehead atoms. The van der Waals surface area contributed by atoms with Crippen LogP contribution in [0.4, 0.5) is 13.2 Å². The van der Waals surface area contributed by atoms with Crippen LogP contribution in [-0.2, 0) is 12.7 Å². The molecule has 1 N–H and O–H groups in total. The minimum Gasteiger partial charge on any atom is -0.478 e. The number of aromatic nitrogens is 2.